The minimum Gasteiger partial charge on any atom is -0.508 e. The van der Waals surface area contributed by atoms with Gasteiger partial charge in [0, 0.05) is 18.2 Å². The van der Waals surface area contributed by atoms with E-state index in [0.717, 1.165) is 0 Å². The average molecular weight is 221 g/mol. The first-order valence-electron chi connectivity index (χ1n) is 5.07. The predicted molar refractivity (Wildman–Crippen MR) is 62.5 cm³/mol. The van der Waals surface area contributed by atoms with Crippen LogP contribution < -0.4 is 11.4 Å². The van der Waals surface area contributed by atoms with Gasteiger partial charge in [0.2, 0.25) is 0 Å². The molecule has 0 aliphatic carbocycles. The van der Waals surface area contributed by atoms with E-state index in [4.69, 9.17) is 5.73 Å². The fourth-order valence-corrected chi connectivity index (χ4v) is 1.71. The molecular weight excluding hydrogens is 206 g/mol. The van der Waals surface area contributed by atoms with Crippen LogP contribution in [0.2, 0.25) is 0 Å². The summed E-state index contributed by atoms with van der Waals surface area (Å²) in [5.41, 5.74) is 6.57. The number of H-pyrrole nitrogens is 1. The first-order valence-corrected chi connectivity index (χ1v) is 5.07. The lowest BCUT2D eigenvalue weighted by Crippen LogP contribution is -2.39. The standard InChI is InChI=1S/C11H15N3O2/c1-11(2,12)6-14-9-5-7(15)3-4-8(9)13-10(14)16/h3-5,15H,6,12H2,1-2H3,(H,13,16). The van der Waals surface area contributed by atoms with Crippen molar-refractivity contribution in [1.29, 1.82) is 0 Å². The Bertz CT molecular complexity index is 575. The number of benzene rings is 1. The maximum Gasteiger partial charge on any atom is 0.326 e. The molecule has 0 aliphatic heterocycles. The van der Waals surface area contributed by atoms with Crippen LogP contribution in [0.25, 0.3) is 11.0 Å². The molecule has 1 heterocycles. The number of nitrogens with one attached hydrogen (secondary N) is 1. The quantitative estimate of drug-likeness (QED) is 0.700. The van der Waals surface area contributed by atoms with Gasteiger partial charge in [0.25, 0.3) is 0 Å². The Morgan fingerprint density at radius 3 is 2.81 bits per heavy atom. The van der Waals surface area contributed by atoms with Gasteiger partial charge in [0.05, 0.1) is 11.0 Å². The largest absolute Gasteiger partial charge is 0.508 e. The maximum absolute atomic E-state index is 11.7. The van der Waals surface area contributed by atoms with Crippen LogP contribution in [-0.2, 0) is 6.54 Å². The Kier molecular flexibility index (Phi) is 2.27. The van der Waals surface area contributed by atoms with Crippen LogP contribution in [0.1, 0.15) is 13.8 Å². The highest BCUT2D eigenvalue weighted by molar-refractivity contribution is 5.76. The highest BCUT2D eigenvalue weighted by Gasteiger charge is 2.16. The molecule has 5 heteroatoms. The molecule has 0 saturated carbocycles. The van der Waals surface area contributed by atoms with E-state index in [1.165, 1.54) is 10.6 Å². The average Bonchev–Trinajstić information content (AvgIpc) is 2.42. The number of nitrogens with zero attached hydrogens (tertiary/aromatic N) is 1. The van der Waals surface area contributed by atoms with Crippen LogP contribution in [0.15, 0.2) is 23.0 Å². The molecule has 1 aromatic heterocycles. The van der Waals surface area contributed by atoms with Crippen molar-refractivity contribution in [1.82, 2.24) is 9.55 Å². The van der Waals surface area contributed by atoms with Crippen molar-refractivity contribution in [3.8, 4) is 5.75 Å². The van der Waals surface area contributed by atoms with Crippen LogP contribution >= 0.6 is 0 Å². The van der Waals surface area contributed by atoms with E-state index in [-0.39, 0.29) is 11.4 Å². The van der Waals surface area contributed by atoms with E-state index in [0.29, 0.717) is 17.6 Å². The predicted octanol–water partition coefficient (Wildman–Crippen LogP) is 0.772. The Balaban J connectivity index is 2.63. The van der Waals surface area contributed by atoms with Crippen LogP contribution in [0.3, 0.4) is 0 Å². The third kappa shape index (κ3) is 1.94. The molecule has 0 aliphatic rings. The van der Waals surface area contributed by atoms with Crippen molar-refractivity contribution < 1.29 is 5.11 Å². The number of aromatic hydroxyl groups is 1. The number of phenols is 1. The Morgan fingerprint density at radius 1 is 1.50 bits per heavy atom. The molecule has 0 bridgehead atoms. The summed E-state index contributed by atoms with van der Waals surface area (Å²) in [6, 6.07) is 4.77. The monoisotopic (exact) mass is 221 g/mol. The number of hydrogen-bond donors (Lipinski definition) is 3. The van der Waals surface area contributed by atoms with Gasteiger partial charge < -0.3 is 15.8 Å². The van der Waals surface area contributed by atoms with Crippen molar-refractivity contribution in [2.45, 2.75) is 25.9 Å². The van der Waals surface area contributed by atoms with Gasteiger partial charge in [-0.1, -0.05) is 0 Å². The number of rotatable bonds is 2. The van der Waals surface area contributed by atoms with Gasteiger partial charge in [-0.2, -0.15) is 0 Å². The molecular formula is C11H15N3O2. The first-order chi connectivity index (χ1) is 7.37. The number of hydrogen-bond acceptors (Lipinski definition) is 3. The van der Waals surface area contributed by atoms with Crippen molar-refractivity contribution in [3.05, 3.63) is 28.7 Å². The van der Waals surface area contributed by atoms with Gasteiger partial charge in [0.15, 0.2) is 0 Å². The fourth-order valence-electron chi connectivity index (χ4n) is 1.71. The summed E-state index contributed by atoms with van der Waals surface area (Å²) in [5.74, 6) is 0.134. The molecule has 0 radical (unpaired) electrons. The lowest BCUT2D eigenvalue weighted by atomic mass is 10.1. The van der Waals surface area contributed by atoms with Crippen molar-refractivity contribution in [2.24, 2.45) is 5.73 Å². The molecule has 2 aromatic rings. The van der Waals surface area contributed by atoms with Gasteiger partial charge in [-0.15, -0.1) is 0 Å². The molecule has 16 heavy (non-hydrogen) atoms. The number of nitrogens with two attached hydrogens (primary N) is 1. The third-order valence-electron chi connectivity index (χ3n) is 2.32. The van der Waals surface area contributed by atoms with Crippen molar-refractivity contribution in [3.63, 3.8) is 0 Å². The zero-order valence-corrected chi connectivity index (χ0v) is 9.32. The lowest BCUT2D eigenvalue weighted by Gasteiger charge is -2.18. The SMILES string of the molecule is CC(C)(N)Cn1c(=O)[nH]c2ccc(O)cc21. The van der Waals surface area contributed by atoms with Gasteiger partial charge in [-0.25, -0.2) is 4.79 Å². The normalized spacial score (nSPS) is 12.2. The number of imidazole rings is 1. The highest BCUT2D eigenvalue weighted by atomic mass is 16.3. The van der Waals surface area contributed by atoms with Gasteiger partial charge in [-0.05, 0) is 26.0 Å². The molecule has 0 unspecified atom stereocenters. The molecule has 0 atom stereocenters. The van der Waals surface area contributed by atoms with Gasteiger partial charge >= 0.3 is 5.69 Å². The second-order valence-electron chi connectivity index (χ2n) is 4.71. The Labute approximate surface area is 92.5 Å². The van der Waals surface area contributed by atoms with Crippen molar-refractivity contribution >= 4 is 11.0 Å². The van der Waals surface area contributed by atoms with E-state index in [1.807, 2.05) is 13.8 Å². The maximum atomic E-state index is 11.7. The smallest absolute Gasteiger partial charge is 0.326 e. The summed E-state index contributed by atoms with van der Waals surface area (Å²) in [5, 5.41) is 9.40. The van der Waals surface area contributed by atoms with E-state index >= 15 is 0 Å². The number of phenolic OH excluding ortho intramolecular Hbond substituents is 1. The topological polar surface area (TPSA) is 84.0 Å². The molecule has 2 rings (SSSR count). The molecule has 0 spiro atoms. The zero-order chi connectivity index (χ0) is 11.9. The summed E-state index contributed by atoms with van der Waals surface area (Å²) < 4.78 is 1.54. The summed E-state index contributed by atoms with van der Waals surface area (Å²) in [6.45, 7) is 4.09. The van der Waals surface area contributed by atoms with Gasteiger partial charge in [0.1, 0.15) is 5.75 Å². The van der Waals surface area contributed by atoms with Crippen molar-refractivity contribution in [2.75, 3.05) is 0 Å². The summed E-state index contributed by atoms with van der Waals surface area (Å²) in [6.07, 6.45) is 0. The highest BCUT2D eigenvalue weighted by Crippen LogP contribution is 2.18. The lowest BCUT2D eigenvalue weighted by molar-refractivity contribution is 0.433. The third-order valence-corrected chi connectivity index (χ3v) is 2.32. The number of aromatic amines is 1. The molecule has 5 nitrogen and oxygen atoms in total. The summed E-state index contributed by atoms with van der Waals surface area (Å²) >= 11 is 0. The molecule has 0 amide bonds. The molecule has 1 aromatic carbocycles. The van der Waals surface area contributed by atoms with Crippen LogP contribution in [-0.4, -0.2) is 20.2 Å². The summed E-state index contributed by atoms with van der Waals surface area (Å²) in [7, 11) is 0. The zero-order valence-electron chi connectivity index (χ0n) is 9.32. The van der Waals surface area contributed by atoms with E-state index in [1.54, 1.807) is 12.1 Å². The van der Waals surface area contributed by atoms with Crippen LogP contribution in [0.4, 0.5) is 0 Å². The Hall–Kier alpha value is -1.75. The Morgan fingerprint density at radius 2 is 2.19 bits per heavy atom. The second kappa shape index (κ2) is 3.38. The number of fused-ring (bicyclic) bond motifs is 1. The molecule has 0 fully saturated rings. The van der Waals surface area contributed by atoms with E-state index in [2.05, 4.69) is 4.98 Å². The minimum atomic E-state index is -0.482. The molecule has 86 valence electrons. The van der Waals surface area contributed by atoms with E-state index < -0.39 is 5.54 Å². The van der Waals surface area contributed by atoms with Gasteiger partial charge in [-0.3, -0.25) is 4.57 Å². The number of aromatic nitrogens is 2. The summed E-state index contributed by atoms with van der Waals surface area (Å²) in [4.78, 5) is 14.4. The first kappa shape index (κ1) is 10.8. The second-order valence-corrected chi connectivity index (χ2v) is 4.71. The van der Waals surface area contributed by atoms with Crippen LogP contribution in [0.5, 0.6) is 5.75 Å². The minimum absolute atomic E-state index is 0.134. The van der Waals surface area contributed by atoms with Crippen LogP contribution in [0, 0.1) is 0 Å². The molecule has 4 N–H and O–H groups in total. The fraction of sp³-hybridized carbons (Fsp3) is 0.364. The molecule has 0 saturated heterocycles. The van der Waals surface area contributed by atoms with E-state index in [9.17, 15) is 9.90 Å².